The Labute approximate surface area is 239 Å². The minimum absolute atomic E-state index is 0.134. The topological polar surface area (TPSA) is 49.7 Å². The van der Waals surface area contributed by atoms with E-state index in [0.717, 1.165) is 50.7 Å². The normalized spacial score (nSPS) is 24.1. The van der Waals surface area contributed by atoms with Gasteiger partial charge < -0.3 is 0 Å². The molecule has 2 amide bonds. The average Bonchev–Trinajstić information content (AvgIpc) is 3.27. The Morgan fingerprint density at radius 1 is 0.780 bits per heavy atom. The number of nitrogens with zero attached hydrogens (tertiary/aromatic N) is 2. The molecule has 0 unspecified atom stereocenters. The molecular formula is C37H28N2O2. The van der Waals surface area contributed by atoms with Crippen LogP contribution in [0, 0.1) is 11.8 Å². The van der Waals surface area contributed by atoms with Gasteiger partial charge in [0.25, 0.3) is 0 Å². The number of carbonyl (C=O) groups excluding carboxylic acids is 2. The fraction of sp³-hybridized carbons (Fsp3) is 0.162. The average molecular weight is 533 g/mol. The minimum atomic E-state index is -0.899. The Morgan fingerprint density at radius 3 is 2.37 bits per heavy atom. The van der Waals surface area contributed by atoms with Crippen LogP contribution in [-0.2, 0) is 21.4 Å². The highest BCUT2D eigenvalue weighted by Gasteiger charge is 2.65. The van der Waals surface area contributed by atoms with Gasteiger partial charge in [-0.3, -0.25) is 14.6 Å². The lowest BCUT2D eigenvalue weighted by molar-refractivity contribution is -0.122. The van der Waals surface area contributed by atoms with Crippen LogP contribution in [0.3, 0.4) is 0 Å². The summed E-state index contributed by atoms with van der Waals surface area (Å²) in [6, 6.07) is 38.8. The van der Waals surface area contributed by atoms with Crippen LogP contribution in [0.15, 0.2) is 120 Å². The second kappa shape index (κ2) is 8.84. The molecule has 198 valence electrons. The highest BCUT2D eigenvalue weighted by Crippen LogP contribution is 2.60. The van der Waals surface area contributed by atoms with E-state index in [1.807, 2.05) is 79.0 Å². The van der Waals surface area contributed by atoms with E-state index >= 15 is 0 Å². The molecule has 0 saturated carbocycles. The molecule has 1 aliphatic heterocycles. The summed E-state index contributed by atoms with van der Waals surface area (Å²) >= 11 is 0. The lowest BCUT2D eigenvalue weighted by Crippen LogP contribution is -2.51. The zero-order chi connectivity index (χ0) is 27.7. The molecule has 5 aromatic carbocycles. The molecule has 0 aromatic heterocycles. The third-order valence-electron chi connectivity index (χ3n) is 9.48. The molecule has 11 rings (SSSR count). The SMILES string of the molecule is CCc1ccccc1N=C[C@@]12c3ccc(cc3)[C@@H](c3ccccc31)[C@@H]1C(=O)N(c3cccc4ccccc34)C(=O)[C@H]12. The molecule has 0 radical (unpaired) electrons. The van der Waals surface area contributed by atoms with Crippen molar-refractivity contribution >= 4 is 40.2 Å². The highest BCUT2D eigenvalue weighted by atomic mass is 16.2. The van der Waals surface area contributed by atoms with Gasteiger partial charge in [-0.05, 0) is 51.8 Å². The Kier molecular flexibility index (Phi) is 5.17. The van der Waals surface area contributed by atoms with Crippen LogP contribution in [-0.4, -0.2) is 18.0 Å². The zero-order valence-electron chi connectivity index (χ0n) is 22.7. The van der Waals surface area contributed by atoms with Gasteiger partial charge in [0, 0.05) is 17.5 Å². The molecule has 1 fully saturated rings. The quantitative estimate of drug-likeness (QED) is 0.179. The van der Waals surface area contributed by atoms with Crippen molar-refractivity contribution in [3.8, 4) is 0 Å². The van der Waals surface area contributed by atoms with E-state index in [1.54, 1.807) is 0 Å². The maximum absolute atomic E-state index is 14.8. The minimum Gasteiger partial charge on any atom is -0.274 e. The lowest BCUT2D eigenvalue weighted by atomic mass is 9.52. The van der Waals surface area contributed by atoms with Gasteiger partial charge in [-0.15, -0.1) is 0 Å². The summed E-state index contributed by atoms with van der Waals surface area (Å²) in [7, 11) is 0. The predicted molar refractivity (Wildman–Crippen MR) is 163 cm³/mol. The number of aliphatic imine (C=N–C) groups is 1. The molecular weight excluding hydrogens is 504 g/mol. The molecule has 4 nitrogen and oxygen atoms in total. The van der Waals surface area contributed by atoms with Gasteiger partial charge in [0.2, 0.25) is 11.8 Å². The second-order valence-corrected chi connectivity index (χ2v) is 11.3. The fourth-order valence-corrected chi connectivity index (χ4v) is 7.67. The summed E-state index contributed by atoms with van der Waals surface area (Å²) in [6.07, 6.45) is 2.83. The Hall–Kier alpha value is -4.83. The largest absolute Gasteiger partial charge is 0.274 e. The van der Waals surface area contributed by atoms with Crippen molar-refractivity contribution in [2.24, 2.45) is 16.8 Å². The first-order valence-electron chi connectivity index (χ1n) is 14.3. The van der Waals surface area contributed by atoms with Crippen LogP contribution in [0.5, 0.6) is 0 Å². The zero-order valence-corrected chi connectivity index (χ0v) is 22.7. The van der Waals surface area contributed by atoms with Crippen molar-refractivity contribution in [2.75, 3.05) is 4.90 Å². The number of para-hydroxylation sites is 1. The van der Waals surface area contributed by atoms with E-state index < -0.39 is 17.3 Å². The van der Waals surface area contributed by atoms with Gasteiger partial charge in [-0.2, -0.15) is 0 Å². The summed E-state index contributed by atoms with van der Waals surface area (Å²) in [5, 5.41) is 1.90. The molecule has 0 spiro atoms. The van der Waals surface area contributed by atoms with Crippen molar-refractivity contribution in [3.05, 3.63) is 143 Å². The summed E-state index contributed by atoms with van der Waals surface area (Å²) in [5.41, 5.74) is 6.01. The van der Waals surface area contributed by atoms with Crippen LogP contribution in [0.4, 0.5) is 11.4 Å². The number of imide groups is 1. The van der Waals surface area contributed by atoms with Gasteiger partial charge in [-0.1, -0.05) is 110 Å². The molecule has 5 aromatic rings. The number of rotatable bonds is 4. The standard InChI is InChI=1S/C37H28N2O2/c1-2-23-10-4-8-16-30(23)38-22-37-26-20-18-25(19-21-26)32(28-14-6-7-15-29(28)37)33-34(37)36(41)39(35(33)40)31-17-9-12-24-11-3-5-13-27(24)31/h3-22,32-34H,2H2,1H3/t32-,33-,34-,37+/m0/s1. The Morgan fingerprint density at radius 2 is 1.51 bits per heavy atom. The highest BCUT2D eigenvalue weighted by molar-refractivity contribution is 6.27. The number of hydrogen-bond donors (Lipinski definition) is 0. The second-order valence-electron chi connectivity index (χ2n) is 11.3. The van der Waals surface area contributed by atoms with Crippen molar-refractivity contribution in [1.29, 1.82) is 0 Å². The lowest BCUT2D eigenvalue weighted by Gasteiger charge is -2.48. The first-order chi connectivity index (χ1) is 20.1. The summed E-state index contributed by atoms with van der Waals surface area (Å²) in [5.74, 6) is -1.67. The fourth-order valence-electron chi connectivity index (χ4n) is 7.67. The number of anilines is 1. The monoisotopic (exact) mass is 532 g/mol. The van der Waals surface area contributed by atoms with E-state index in [9.17, 15) is 9.59 Å². The molecule has 0 N–H and O–H groups in total. The van der Waals surface area contributed by atoms with Crippen LogP contribution >= 0.6 is 0 Å². The molecule has 4 atom stereocenters. The summed E-state index contributed by atoms with van der Waals surface area (Å²) < 4.78 is 0. The van der Waals surface area contributed by atoms with E-state index in [-0.39, 0.29) is 17.7 Å². The van der Waals surface area contributed by atoms with Crippen LogP contribution in [0.25, 0.3) is 10.8 Å². The van der Waals surface area contributed by atoms with E-state index in [4.69, 9.17) is 4.99 Å². The number of fused-ring (bicyclic) bond motifs is 1. The number of hydrogen-bond acceptors (Lipinski definition) is 3. The molecule has 6 aliphatic rings. The van der Waals surface area contributed by atoms with Crippen LogP contribution in [0.1, 0.15) is 40.7 Å². The third kappa shape index (κ3) is 3.19. The van der Waals surface area contributed by atoms with E-state index in [2.05, 4.69) is 49.4 Å². The molecule has 4 heteroatoms. The van der Waals surface area contributed by atoms with Gasteiger partial charge in [0.05, 0.1) is 28.6 Å². The first-order valence-corrected chi connectivity index (χ1v) is 14.3. The Balaban J connectivity index is 1.41. The number of carbonyl (C=O) groups is 2. The van der Waals surface area contributed by atoms with Crippen molar-refractivity contribution in [2.45, 2.75) is 24.7 Å². The molecule has 5 aliphatic carbocycles. The van der Waals surface area contributed by atoms with Crippen LogP contribution < -0.4 is 4.90 Å². The smallest absolute Gasteiger partial charge is 0.239 e. The molecule has 4 bridgehead atoms. The van der Waals surface area contributed by atoms with Crippen molar-refractivity contribution in [3.63, 3.8) is 0 Å². The number of aryl methyl sites for hydroxylation is 1. The number of benzene rings is 5. The van der Waals surface area contributed by atoms with Crippen molar-refractivity contribution in [1.82, 2.24) is 0 Å². The van der Waals surface area contributed by atoms with Gasteiger partial charge in [0.1, 0.15) is 0 Å². The Bertz CT molecular complexity index is 1900. The van der Waals surface area contributed by atoms with Crippen molar-refractivity contribution < 1.29 is 9.59 Å². The summed E-state index contributed by atoms with van der Waals surface area (Å²) in [6.45, 7) is 2.12. The predicted octanol–water partition coefficient (Wildman–Crippen LogP) is 7.36. The molecule has 41 heavy (non-hydrogen) atoms. The summed E-state index contributed by atoms with van der Waals surface area (Å²) in [4.78, 5) is 36.1. The van der Waals surface area contributed by atoms with Gasteiger partial charge in [0.15, 0.2) is 0 Å². The van der Waals surface area contributed by atoms with Gasteiger partial charge >= 0.3 is 0 Å². The maximum atomic E-state index is 14.8. The number of amides is 2. The van der Waals surface area contributed by atoms with E-state index in [1.165, 1.54) is 4.90 Å². The first kappa shape index (κ1) is 24.0. The van der Waals surface area contributed by atoms with E-state index in [0.29, 0.717) is 5.69 Å². The molecule has 1 saturated heterocycles. The third-order valence-corrected chi connectivity index (χ3v) is 9.48. The molecule has 1 heterocycles. The maximum Gasteiger partial charge on any atom is 0.239 e. The van der Waals surface area contributed by atoms with Crippen LogP contribution in [0.2, 0.25) is 0 Å². The van der Waals surface area contributed by atoms with Gasteiger partial charge in [-0.25, -0.2) is 4.90 Å².